The zero-order valence-electron chi connectivity index (χ0n) is 12.2. The van der Waals surface area contributed by atoms with Crippen LogP contribution in [0.3, 0.4) is 0 Å². The van der Waals surface area contributed by atoms with E-state index in [9.17, 15) is 8.42 Å². The van der Waals surface area contributed by atoms with Crippen LogP contribution >= 0.6 is 0 Å². The number of piperidine rings is 1. The van der Waals surface area contributed by atoms with Gasteiger partial charge in [-0.25, -0.2) is 13.4 Å². The third-order valence-corrected chi connectivity index (χ3v) is 5.09. The quantitative estimate of drug-likeness (QED) is 0.907. The summed E-state index contributed by atoms with van der Waals surface area (Å²) in [4.78, 5) is 6.62. The summed E-state index contributed by atoms with van der Waals surface area (Å²) in [6.45, 7) is 6.17. The van der Waals surface area contributed by atoms with Gasteiger partial charge in [0.15, 0.2) is 0 Å². The third kappa shape index (κ3) is 4.10. The normalized spacial score (nSPS) is 17.2. The van der Waals surface area contributed by atoms with Crippen LogP contribution in [0.25, 0.3) is 0 Å². The Morgan fingerprint density at radius 3 is 2.60 bits per heavy atom. The Balaban J connectivity index is 1.99. The number of hydrogen-bond acceptors (Lipinski definition) is 4. The molecule has 1 N–H and O–H groups in total. The minimum atomic E-state index is -3.23. The number of aromatic nitrogens is 1. The van der Waals surface area contributed by atoms with Gasteiger partial charge in [-0.3, -0.25) is 4.72 Å². The molecule has 0 atom stereocenters. The molecule has 6 heteroatoms. The molecule has 0 spiro atoms. The Kier molecular flexibility index (Phi) is 4.86. The molecule has 1 saturated heterocycles. The van der Waals surface area contributed by atoms with E-state index < -0.39 is 10.0 Å². The van der Waals surface area contributed by atoms with Gasteiger partial charge in [0.1, 0.15) is 5.82 Å². The number of anilines is 2. The van der Waals surface area contributed by atoms with E-state index in [0.29, 0.717) is 12.1 Å². The largest absolute Gasteiger partial charge is 0.357 e. The second-order valence-corrected chi connectivity index (χ2v) is 7.34. The fraction of sp³-hybridized carbons (Fsp3) is 0.643. The number of sulfonamides is 1. The summed E-state index contributed by atoms with van der Waals surface area (Å²) in [6.07, 6.45) is 4.58. The molecule has 1 fully saturated rings. The van der Waals surface area contributed by atoms with Crippen LogP contribution in [0.1, 0.15) is 33.1 Å². The monoisotopic (exact) mass is 297 g/mol. The Morgan fingerprint density at radius 2 is 2.05 bits per heavy atom. The molecule has 1 aliphatic rings. The Morgan fingerprint density at radius 1 is 1.35 bits per heavy atom. The Bertz CT molecular complexity index is 520. The number of rotatable bonds is 5. The van der Waals surface area contributed by atoms with E-state index in [1.807, 2.05) is 13.0 Å². The molecule has 0 bridgehead atoms. The van der Waals surface area contributed by atoms with Gasteiger partial charge in [-0.2, -0.15) is 0 Å². The van der Waals surface area contributed by atoms with Gasteiger partial charge in [0, 0.05) is 13.1 Å². The van der Waals surface area contributed by atoms with Crippen LogP contribution in [0.5, 0.6) is 0 Å². The summed E-state index contributed by atoms with van der Waals surface area (Å²) in [5.74, 6) is 1.85. The molecule has 0 aromatic carbocycles. The van der Waals surface area contributed by atoms with Crippen molar-refractivity contribution in [2.24, 2.45) is 5.92 Å². The molecule has 1 aromatic rings. The van der Waals surface area contributed by atoms with E-state index >= 15 is 0 Å². The minimum absolute atomic E-state index is 0.138. The van der Waals surface area contributed by atoms with Crippen LogP contribution in [0.4, 0.5) is 11.5 Å². The lowest BCUT2D eigenvalue weighted by Crippen LogP contribution is -2.33. The molecule has 112 valence electrons. The van der Waals surface area contributed by atoms with Gasteiger partial charge in [0.25, 0.3) is 0 Å². The lowest BCUT2D eigenvalue weighted by molar-refractivity contribution is 0.436. The van der Waals surface area contributed by atoms with Gasteiger partial charge in [-0.1, -0.05) is 13.8 Å². The Hall–Kier alpha value is -1.30. The van der Waals surface area contributed by atoms with Crippen LogP contribution in [0, 0.1) is 5.92 Å². The van der Waals surface area contributed by atoms with Gasteiger partial charge in [-0.15, -0.1) is 0 Å². The first kappa shape index (κ1) is 15.1. The van der Waals surface area contributed by atoms with Crippen molar-refractivity contribution >= 4 is 21.5 Å². The SMILES string of the molecule is CCCS(=O)(=O)Nc1ccc(N2CCC(C)CC2)nc1. The smallest absolute Gasteiger partial charge is 0.232 e. The van der Waals surface area contributed by atoms with Crippen molar-refractivity contribution in [1.29, 1.82) is 0 Å². The summed E-state index contributed by atoms with van der Waals surface area (Å²) < 4.78 is 25.9. The minimum Gasteiger partial charge on any atom is -0.357 e. The molecule has 20 heavy (non-hydrogen) atoms. The molecule has 0 radical (unpaired) electrons. The van der Waals surface area contributed by atoms with Crippen molar-refractivity contribution in [3.05, 3.63) is 18.3 Å². The predicted octanol–water partition coefficient (Wildman–Crippen LogP) is 2.47. The van der Waals surface area contributed by atoms with Crippen LogP contribution in [0.2, 0.25) is 0 Å². The van der Waals surface area contributed by atoms with Crippen LogP contribution in [-0.2, 0) is 10.0 Å². The first-order chi connectivity index (χ1) is 9.50. The highest BCUT2D eigenvalue weighted by Crippen LogP contribution is 2.22. The molecule has 0 amide bonds. The standard InChI is InChI=1S/C14H23N3O2S/c1-3-10-20(18,19)16-13-4-5-14(15-11-13)17-8-6-12(2)7-9-17/h4-5,11-12,16H,3,6-10H2,1-2H3. The summed E-state index contributed by atoms with van der Waals surface area (Å²) in [5.41, 5.74) is 0.535. The summed E-state index contributed by atoms with van der Waals surface area (Å²) in [7, 11) is -3.23. The topological polar surface area (TPSA) is 62.3 Å². The average molecular weight is 297 g/mol. The van der Waals surface area contributed by atoms with E-state index in [1.165, 1.54) is 12.8 Å². The average Bonchev–Trinajstić information content (AvgIpc) is 2.40. The zero-order chi connectivity index (χ0) is 14.6. The van der Waals surface area contributed by atoms with E-state index in [0.717, 1.165) is 24.8 Å². The van der Waals surface area contributed by atoms with E-state index in [2.05, 4.69) is 21.5 Å². The van der Waals surface area contributed by atoms with E-state index in [1.54, 1.807) is 12.3 Å². The molecular weight excluding hydrogens is 274 g/mol. The summed E-state index contributed by atoms with van der Waals surface area (Å²) in [5, 5.41) is 0. The van der Waals surface area contributed by atoms with Crippen molar-refractivity contribution in [1.82, 2.24) is 4.98 Å². The number of nitrogens with zero attached hydrogens (tertiary/aromatic N) is 2. The first-order valence-corrected chi connectivity index (χ1v) is 8.87. The third-order valence-electron chi connectivity index (χ3n) is 3.60. The van der Waals surface area contributed by atoms with Gasteiger partial charge in [-0.05, 0) is 37.3 Å². The molecular formula is C14H23N3O2S. The molecule has 0 aliphatic carbocycles. The highest BCUT2D eigenvalue weighted by atomic mass is 32.2. The first-order valence-electron chi connectivity index (χ1n) is 7.21. The van der Waals surface area contributed by atoms with Crippen molar-refractivity contribution in [3.63, 3.8) is 0 Å². The fourth-order valence-electron chi connectivity index (χ4n) is 2.37. The highest BCUT2D eigenvalue weighted by Gasteiger charge is 2.17. The predicted molar refractivity (Wildman–Crippen MR) is 82.5 cm³/mol. The number of nitrogens with one attached hydrogen (secondary N) is 1. The molecule has 2 heterocycles. The fourth-order valence-corrected chi connectivity index (χ4v) is 3.49. The molecule has 1 aromatic heterocycles. The molecule has 1 aliphatic heterocycles. The van der Waals surface area contributed by atoms with Crippen molar-refractivity contribution in [2.45, 2.75) is 33.1 Å². The van der Waals surface area contributed by atoms with Gasteiger partial charge in [0.2, 0.25) is 10.0 Å². The summed E-state index contributed by atoms with van der Waals surface area (Å²) in [6, 6.07) is 3.67. The molecule has 0 unspecified atom stereocenters. The second kappa shape index (κ2) is 6.43. The maximum atomic E-state index is 11.7. The Labute approximate surface area is 121 Å². The lowest BCUT2D eigenvalue weighted by atomic mass is 9.99. The van der Waals surface area contributed by atoms with Crippen molar-refractivity contribution < 1.29 is 8.42 Å². The van der Waals surface area contributed by atoms with Gasteiger partial charge >= 0.3 is 0 Å². The zero-order valence-corrected chi connectivity index (χ0v) is 13.0. The van der Waals surface area contributed by atoms with Crippen molar-refractivity contribution in [3.8, 4) is 0 Å². The molecule has 2 rings (SSSR count). The molecule has 5 nitrogen and oxygen atoms in total. The summed E-state index contributed by atoms with van der Waals surface area (Å²) >= 11 is 0. The molecule has 0 saturated carbocycles. The highest BCUT2D eigenvalue weighted by molar-refractivity contribution is 7.92. The second-order valence-electron chi connectivity index (χ2n) is 5.50. The van der Waals surface area contributed by atoms with Crippen molar-refractivity contribution in [2.75, 3.05) is 28.5 Å². The van der Waals surface area contributed by atoms with Gasteiger partial charge in [0.05, 0.1) is 17.6 Å². The maximum Gasteiger partial charge on any atom is 0.232 e. The van der Waals surface area contributed by atoms with Crippen LogP contribution in [-0.4, -0.2) is 32.2 Å². The lowest BCUT2D eigenvalue weighted by Gasteiger charge is -2.31. The van der Waals surface area contributed by atoms with Crippen LogP contribution < -0.4 is 9.62 Å². The van der Waals surface area contributed by atoms with E-state index in [-0.39, 0.29) is 5.75 Å². The number of pyridine rings is 1. The van der Waals surface area contributed by atoms with Crippen LogP contribution in [0.15, 0.2) is 18.3 Å². The number of hydrogen-bond donors (Lipinski definition) is 1. The maximum absolute atomic E-state index is 11.7. The van der Waals surface area contributed by atoms with Gasteiger partial charge < -0.3 is 4.90 Å². The van der Waals surface area contributed by atoms with E-state index in [4.69, 9.17) is 0 Å².